The Bertz CT molecular complexity index is 374. The maximum absolute atomic E-state index is 5.55. The molecule has 0 amide bonds. The number of hydrogen-bond donors (Lipinski definition) is 1. The van der Waals surface area contributed by atoms with Crippen LogP contribution in [0.2, 0.25) is 0 Å². The lowest BCUT2D eigenvalue weighted by Crippen LogP contribution is -2.45. The van der Waals surface area contributed by atoms with E-state index in [-0.39, 0.29) is 0 Å². The predicted octanol–water partition coefficient (Wildman–Crippen LogP) is 3.41. The molecule has 0 saturated heterocycles. The van der Waals surface area contributed by atoms with Crippen LogP contribution in [0.25, 0.3) is 0 Å². The Hall–Kier alpha value is -0.380. The number of ether oxygens (including phenoxy) is 1. The van der Waals surface area contributed by atoms with Gasteiger partial charge in [-0.15, -0.1) is 0 Å². The molecular weight excluding hydrogens is 278 g/mol. The van der Waals surface area contributed by atoms with Gasteiger partial charge in [0, 0.05) is 23.7 Å². The molecule has 1 saturated carbocycles. The zero-order valence-corrected chi connectivity index (χ0v) is 12.1. The Balaban J connectivity index is 1.76. The standard InChI is InChI=1S/C14H20BrNO/c1-3-17-13-7-12(8-13)16-9-11-5-4-10(2)6-14(11)15/h4-6,12-13,16H,3,7-9H2,1-2H3. The van der Waals surface area contributed by atoms with Gasteiger partial charge in [-0.25, -0.2) is 0 Å². The summed E-state index contributed by atoms with van der Waals surface area (Å²) in [6, 6.07) is 7.14. The van der Waals surface area contributed by atoms with Crippen LogP contribution < -0.4 is 5.32 Å². The summed E-state index contributed by atoms with van der Waals surface area (Å²) in [5.74, 6) is 0. The highest BCUT2D eigenvalue weighted by Crippen LogP contribution is 2.24. The molecule has 2 nitrogen and oxygen atoms in total. The summed E-state index contributed by atoms with van der Waals surface area (Å²) in [7, 11) is 0. The average molecular weight is 298 g/mol. The fraction of sp³-hybridized carbons (Fsp3) is 0.571. The quantitative estimate of drug-likeness (QED) is 0.899. The number of rotatable bonds is 5. The molecule has 0 heterocycles. The van der Waals surface area contributed by atoms with Gasteiger partial charge in [-0.05, 0) is 43.9 Å². The molecule has 0 bridgehead atoms. The zero-order chi connectivity index (χ0) is 12.3. The van der Waals surface area contributed by atoms with Gasteiger partial charge in [0.15, 0.2) is 0 Å². The molecule has 2 rings (SSSR count). The number of aryl methyl sites for hydroxylation is 1. The molecule has 17 heavy (non-hydrogen) atoms. The van der Waals surface area contributed by atoms with E-state index in [9.17, 15) is 0 Å². The number of benzene rings is 1. The number of halogens is 1. The minimum absolute atomic E-state index is 0.485. The summed E-state index contributed by atoms with van der Waals surface area (Å²) in [6.45, 7) is 5.94. The third-order valence-corrected chi connectivity index (χ3v) is 4.03. The number of nitrogens with one attached hydrogen (secondary N) is 1. The normalized spacial score (nSPS) is 23.5. The third-order valence-electron chi connectivity index (χ3n) is 3.29. The summed E-state index contributed by atoms with van der Waals surface area (Å²) in [4.78, 5) is 0. The van der Waals surface area contributed by atoms with Gasteiger partial charge in [-0.3, -0.25) is 0 Å². The fourth-order valence-corrected chi connectivity index (χ4v) is 2.79. The molecule has 1 aliphatic rings. The van der Waals surface area contributed by atoms with E-state index in [2.05, 4.69) is 53.3 Å². The number of hydrogen-bond acceptors (Lipinski definition) is 2. The van der Waals surface area contributed by atoms with Crippen LogP contribution >= 0.6 is 15.9 Å². The molecule has 1 fully saturated rings. The molecule has 0 aromatic heterocycles. The van der Waals surface area contributed by atoms with E-state index >= 15 is 0 Å². The van der Waals surface area contributed by atoms with E-state index in [1.807, 2.05) is 0 Å². The maximum Gasteiger partial charge on any atom is 0.0604 e. The third kappa shape index (κ3) is 3.54. The Morgan fingerprint density at radius 3 is 2.82 bits per heavy atom. The van der Waals surface area contributed by atoms with Gasteiger partial charge in [0.25, 0.3) is 0 Å². The molecule has 1 aliphatic carbocycles. The Morgan fingerprint density at radius 1 is 1.41 bits per heavy atom. The second-order valence-corrected chi connectivity index (χ2v) is 5.58. The van der Waals surface area contributed by atoms with Gasteiger partial charge >= 0.3 is 0 Å². The second kappa shape index (κ2) is 5.98. The molecule has 94 valence electrons. The molecule has 0 radical (unpaired) electrons. The summed E-state index contributed by atoms with van der Waals surface area (Å²) < 4.78 is 6.75. The molecular formula is C14H20BrNO. The predicted molar refractivity (Wildman–Crippen MR) is 74.2 cm³/mol. The molecule has 1 N–H and O–H groups in total. The first-order valence-corrected chi connectivity index (χ1v) is 7.08. The summed E-state index contributed by atoms with van der Waals surface area (Å²) in [5, 5.41) is 3.57. The highest BCUT2D eigenvalue weighted by atomic mass is 79.9. The van der Waals surface area contributed by atoms with Gasteiger partial charge in [0.05, 0.1) is 6.10 Å². The molecule has 0 aliphatic heterocycles. The average Bonchev–Trinajstić information content (AvgIpc) is 2.23. The summed E-state index contributed by atoms with van der Waals surface area (Å²) in [5.41, 5.74) is 2.62. The van der Waals surface area contributed by atoms with Gasteiger partial charge in [0.1, 0.15) is 0 Å². The van der Waals surface area contributed by atoms with E-state index in [4.69, 9.17) is 4.74 Å². The van der Waals surface area contributed by atoms with Crippen LogP contribution in [0.1, 0.15) is 30.9 Å². The van der Waals surface area contributed by atoms with Crippen molar-refractivity contribution in [3.8, 4) is 0 Å². The van der Waals surface area contributed by atoms with Crippen LogP contribution in [0.4, 0.5) is 0 Å². The molecule has 0 spiro atoms. The lowest BCUT2D eigenvalue weighted by molar-refractivity contribution is -0.0102. The second-order valence-electron chi connectivity index (χ2n) is 4.72. The Kier molecular flexibility index (Phi) is 4.60. The van der Waals surface area contributed by atoms with Crippen LogP contribution in [0.15, 0.2) is 22.7 Å². The molecule has 0 atom stereocenters. The highest BCUT2D eigenvalue weighted by Gasteiger charge is 2.28. The molecule has 1 aromatic carbocycles. The van der Waals surface area contributed by atoms with Gasteiger partial charge in [-0.2, -0.15) is 0 Å². The molecule has 1 aromatic rings. The highest BCUT2D eigenvalue weighted by molar-refractivity contribution is 9.10. The Morgan fingerprint density at radius 2 is 2.18 bits per heavy atom. The first kappa shape index (κ1) is 13.1. The SMILES string of the molecule is CCOC1CC(NCc2ccc(C)cc2Br)C1. The Labute approximate surface area is 112 Å². The molecule has 0 unspecified atom stereocenters. The van der Waals surface area contributed by atoms with Crippen molar-refractivity contribution in [2.75, 3.05) is 6.61 Å². The van der Waals surface area contributed by atoms with E-state index in [1.165, 1.54) is 15.6 Å². The van der Waals surface area contributed by atoms with Crippen molar-refractivity contribution in [3.63, 3.8) is 0 Å². The maximum atomic E-state index is 5.55. The van der Waals surface area contributed by atoms with E-state index in [0.29, 0.717) is 12.1 Å². The lowest BCUT2D eigenvalue weighted by Gasteiger charge is -2.35. The smallest absolute Gasteiger partial charge is 0.0604 e. The van der Waals surface area contributed by atoms with Crippen LogP contribution in [0.5, 0.6) is 0 Å². The minimum Gasteiger partial charge on any atom is -0.378 e. The first-order valence-electron chi connectivity index (χ1n) is 6.29. The van der Waals surface area contributed by atoms with E-state index in [1.54, 1.807) is 0 Å². The van der Waals surface area contributed by atoms with E-state index in [0.717, 1.165) is 26.0 Å². The van der Waals surface area contributed by atoms with Crippen LogP contribution in [0.3, 0.4) is 0 Å². The van der Waals surface area contributed by atoms with Crippen molar-refractivity contribution in [1.29, 1.82) is 0 Å². The van der Waals surface area contributed by atoms with Crippen molar-refractivity contribution in [3.05, 3.63) is 33.8 Å². The summed E-state index contributed by atoms with van der Waals surface area (Å²) >= 11 is 3.61. The van der Waals surface area contributed by atoms with Crippen molar-refractivity contribution in [2.24, 2.45) is 0 Å². The minimum atomic E-state index is 0.485. The van der Waals surface area contributed by atoms with Crippen LogP contribution in [-0.4, -0.2) is 18.8 Å². The van der Waals surface area contributed by atoms with Crippen molar-refractivity contribution in [1.82, 2.24) is 5.32 Å². The van der Waals surface area contributed by atoms with Crippen molar-refractivity contribution in [2.45, 2.75) is 45.4 Å². The van der Waals surface area contributed by atoms with Crippen molar-refractivity contribution >= 4 is 15.9 Å². The fourth-order valence-electron chi connectivity index (χ4n) is 2.15. The van der Waals surface area contributed by atoms with Crippen LogP contribution in [-0.2, 0) is 11.3 Å². The molecule has 3 heteroatoms. The topological polar surface area (TPSA) is 21.3 Å². The van der Waals surface area contributed by atoms with Gasteiger partial charge < -0.3 is 10.1 Å². The van der Waals surface area contributed by atoms with Crippen LogP contribution in [0, 0.1) is 6.92 Å². The largest absolute Gasteiger partial charge is 0.378 e. The summed E-state index contributed by atoms with van der Waals surface area (Å²) in [6.07, 6.45) is 2.79. The lowest BCUT2D eigenvalue weighted by atomic mass is 9.89. The first-order chi connectivity index (χ1) is 8.19. The van der Waals surface area contributed by atoms with Crippen molar-refractivity contribution < 1.29 is 4.74 Å². The van der Waals surface area contributed by atoms with Gasteiger partial charge in [-0.1, -0.05) is 28.1 Å². The van der Waals surface area contributed by atoms with Gasteiger partial charge in [0.2, 0.25) is 0 Å². The monoisotopic (exact) mass is 297 g/mol. The zero-order valence-electron chi connectivity index (χ0n) is 10.5. The van der Waals surface area contributed by atoms with E-state index < -0.39 is 0 Å².